The smallest absolute Gasteiger partial charge is 0.404 e. The first-order chi connectivity index (χ1) is 6.53. The van der Waals surface area contributed by atoms with E-state index in [9.17, 15) is 4.57 Å². The molecule has 78 valence electrons. The fraction of sp³-hybridized carbons (Fsp3) is 0.333. The summed E-state index contributed by atoms with van der Waals surface area (Å²) in [5.74, 6) is 0.329. The molecule has 0 aliphatic carbocycles. The van der Waals surface area contributed by atoms with Crippen molar-refractivity contribution < 1.29 is 18.5 Å². The van der Waals surface area contributed by atoms with Gasteiger partial charge in [-0.05, 0) is 26.0 Å². The van der Waals surface area contributed by atoms with Crippen molar-refractivity contribution >= 4 is 7.82 Å². The molecule has 4 nitrogen and oxygen atoms in total. The Morgan fingerprint density at radius 1 is 1.36 bits per heavy atom. The molecule has 0 aliphatic rings. The number of phosphoric ester groups is 1. The fourth-order valence-electron chi connectivity index (χ4n) is 0.922. The van der Waals surface area contributed by atoms with E-state index in [4.69, 9.17) is 9.42 Å². The third-order valence-corrected chi connectivity index (χ3v) is 2.56. The second-order valence-corrected chi connectivity index (χ2v) is 4.17. The Labute approximate surface area is 83.1 Å². The van der Waals surface area contributed by atoms with E-state index in [1.54, 1.807) is 31.2 Å². The number of hydrogen-bond acceptors (Lipinski definition) is 3. The zero-order valence-electron chi connectivity index (χ0n) is 8.14. The number of hydrogen-bond donors (Lipinski definition) is 1. The third kappa shape index (κ3) is 3.50. The van der Waals surface area contributed by atoms with E-state index in [1.165, 1.54) is 0 Å². The van der Waals surface area contributed by atoms with E-state index >= 15 is 0 Å². The molecule has 0 heterocycles. The highest BCUT2D eigenvalue weighted by atomic mass is 31.2. The number of phosphoric acid groups is 1. The Morgan fingerprint density at radius 3 is 2.43 bits per heavy atom. The van der Waals surface area contributed by atoms with Gasteiger partial charge >= 0.3 is 7.82 Å². The minimum absolute atomic E-state index is 0.139. The van der Waals surface area contributed by atoms with E-state index in [2.05, 4.69) is 4.52 Å². The molecule has 1 unspecified atom stereocenters. The first-order valence-corrected chi connectivity index (χ1v) is 5.76. The number of rotatable bonds is 4. The van der Waals surface area contributed by atoms with Crippen molar-refractivity contribution in [1.82, 2.24) is 0 Å². The quantitative estimate of drug-likeness (QED) is 0.785. The predicted octanol–water partition coefficient (Wildman–Crippen LogP) is 2.51. The molecule has 0 spiro atoms. The van der Waals surface area contributed by atoms with E-state index < -0.39 is 7.82 Å². The summed E-state index contributed by atoms with van der Waals surface area (Å²) in [5, 5.41) is 0. The van der Waals surface area contributed by atoms with Crippen LogP contribution in [0.5, 0.6) is 5.75 Å². The molecule has 0 radical (unpaired) electrons. The van der Waals surface area contributed by atoms with Crippen LogP contribution in [0.2, 0.25) is 0 Å². The highest BCUT2D eigenvalue weighted by Crippen LogP contribution is 2.43. The summed E-state index contributed by atoms with van der Waals surface area (Å²) in [5.41, 5.74) is 1.06. The molecule has 1 atom stereocenters. The van der Waals surface area contributed by atoms with Gasteiger partial charge in [0.15, 0.2) is 0 Å². The van der Waals surface area contributed by atoms with Gasteiger partial charge in [0.1, 0.15) is 5.75 Å². The monoisotopic (exact) mass is 216 g/mol. The van der Waals surface area contributed by atoms with Crippen LogP contribution < -0.4 is 4.52 Å². The van der Waals surface area contributed by atoms with Gasteiger partial charge in [-0.1, -0.05) is 17.7 Å². The molecule has 0 aliphatic heterocycles. The first kappa shape index (κ1) is 11.2. The summed E-state index contributed by atoms with van der Waals surface area (Å²) in [6, 6.07) is 6.83. The molecule has 0 saturated carbocycles. The fourth-order valence-corrected chi connectivity index (χ4v) is 1.69. The SMILES string of the molecule is CCOP(=O)(O)Oc1ccc(C)cc1. The van der Waals surface area contributed by atoms with Crippen LogP contribution in [0.3, 0.4) is 0 Å². The van der Waals surface area contributed by atoms with Gasteiger partial charge < -0.3 is 4.52 Å². The molecular weight excluding hydrogens is 203 g/mol. The summed E-state index contributed by atoms with van der Waals surface area (Å²) < 4.78 is 20.5. The summed E-state index contributed by atoms with van der Waals surface area (Å²) in [6.07, 6.45) is 0. The molecule has 0 bridgehead atoms. The Morgan fingerprint density at radius 2 is 1.93 bits per heavy atom. The number of benzene rings is 1. The topological polar surface area (TPSA) is 55.8 Å². The molecule has 1 aromatic rings. The molecule has 0 amide bonds. The Balaban J connectivity index is 2.69. The maximum absolute atomic E-state index is 11.2. The second-order valence-electron chi connectivity index (χ2n) is 2.79. The van der Waals surface area contributed by atoms with E-state index in [-0.39, 0.29) is 6.61 Å². The van der Waals surface area contributed by atoms with Crippen molar-refractivity contribution in [1.29, 1.82) is 0 Å². The minimum atomic E-state index is -3.93. The Hall–Kier alpha value is -0.830. The lowest BCUT2D eigenvalue weighted by atomic mass is 10.2. The predicted molar refractivity (Wildman–Crippen MR) is 53.3 cm³/mol. The lowest BCUT2D eigenvalue weighted by molar-refractivity contribution is 0.213. The maximum atomic E-state index is 11.2. The van der Waals surface area contributed by atoms with Crippen LogP contribution in [0, 0.1) is 6.92 Å². The Bertz CT molecular complexity index is 333. The molecule has 0 fully saturated rings. The largest absolute Gasteiger partial charge is 0.527 e. The van der Waals surface area contributed by atoms with E-state index in [0.717, 1.165) is 5.56 Å². The van der Waals surface area contributed by atoms with Crippen molar-refractivity contribution in [2.75, 3.05) is 6.61 Å². The average molecular weight is 216 g/mol. The summed E-state index contributed by atoms with van der Waals surface area (Å²) in [6.45, 7) is 3.69. The van der Waals surface area contributed by atoms with Crippen LogP contribution in [-0.2, 0) is 9.09 Å². The van der Waals surface area contributed by atoms with E-state index in [1.807, 2.05) is 6.92 Å². The summed E-state index contributed by atoms with van der Waals surface area (Å²) in [7, 11) is -3.93. The van der Waals surface area contributed by atoms with Crippen LogP contribution in [0.15, 0.2) is 24.3 Å². The zero-order valence-corrected chi connectivity index (χ0v) is 9.03. The molecule has 1 N–H and O–H groups in total. The van der Waals surface area contributed by atoms with Gasteiger partial charge in [0.25, 0.3) is 0 Å². The molecule has 1 aromatic carbocycles. The molecule has 0 saturated heterocycles. The van der Waals surface area contributed by atoms with Gasteiger partial charge in [-0.25, -0.2) is 4.57 Å². The van der Waals surface area contributed by atoms with Gasteiger partial charge in [0.05, 0.1) is 6.61 Å². The van der Waals surface area contributed by atoms with E-state index in [0.29, 0.717) is 5.75 Å². The minimum Gasteiger partial charge on any atom is -0.404 e. The van der Waals surface area contributed by atoms with Crippen molar-refractivity contribution in [3.8, 4) is 5.75 Å². The van der Waals surface area contributed by atoms with Crippen molar-refractivity contribution in [3.05, 3.63) is 29.8 Å². The summed E-state index contributed by atoms with van der Waals surface area (Å²) >= 11 is 0. The van der Waals surface area contributed by atoms with Crippen LogP contribution in [-0.4, -0.2) is 11.5 Å². The van der Waals surface area contributed by atoms with Crippen LogP contribution in [0.4, 0.5) is 0 Å². The molecular formula is C9H13O4P. The summed E-state index contributed by atoms with van der Waals surface area (Å²) in [4.78, 5) is 9.15. The van der Waals surface area contributed by atoms with Crippen molar-refractivity contribution in [2.45, 2.75) is 13.8 Å². The molecule has 5 heteroatoms. The van der Waals surface area contributed by atoms with Crippen LogP contribution >= 0.6 is 7.82 Å². The first-order valence-electron chi connectivity index (χ1n) is 4.27. The third-order valence-electron chi connectivity index (χ3n) is 1.53. The lowest BCUT2D eigenvalue weighted by Crippen LogP contribution is -1.96. The van der Waals surface area contributed by atoms with Crippen molar-refractivity contribution in [2.24, 2.45) is 0 Å². The normalized spacial score (nSPS) is 14.8. The van der Waals surface area contributed by atoms with Gasteiger partial charge in [0.2, 0.25) is 0 Å². The average Bonchev–Trinajstić information content (AvgIpc) is 2.08. The lowest BCUT2D eigenvalue weighted by Gasteiger charge is -2.11. The van der Waals surface area contributed by atoms with Gasteiger partial charge in [-0.2, -0.15) is 0 Å². The zero-order chi connectivity index (χ0) is 10.6. The van der Waals surface area contributed by atoms with Gasteiger partial charge in [0, 0.05) is 0 Å². The second kappa shape index (κ2) is 4.60. The van der Waals surface area contributed by atoms with Crippen LogP contribution in [0.1, 0.15) is 12.5 Å². The maximum Gasteiger partial charge on any atom is 0.527 e. The standard InChI is InChI=1S/C9H13O4P/c1-3-12-14(10,11)13-9-6-4-8(2)5-7-9/h4-7H,3H2,1-2H3,(H,10,11). The molecule has 0 aromatic heterocycles. The van der Waals surface area contributed by atoms with Gasteiger partial charge in [-0.3, -0.25) is 9.42 Å². The van der Waals surface area contributed by atoms with Crippen molar-refractivity contribution in [3.63, 3.8) is 0 Å². The van der Waals surface area contributed by atoms with Gasteiger partial charge in [-0.15, -0.1) is 0 Å². The van der Waals surface area contributed by atoms with Crippen LogP contribution in [0.25, 0.3) is 0 Å². The molecule has 1 rings (SSSR count). The number of aryl methyl sites for hydroxylation is 1. The highest BCUT2D eigenvalue weighted by Gasteiger charge is 2.21. The Kier molecular flexibility index (Phi) is 3.69. The highest BCUT2D eigenvalue weighted by molar-refractivity contribution is 7.47. The molecule has 14 heavy (non-hydrogen) atoms.